The molecule has 0 bridgehead atoms. The SMILES string of the molecule is COc1ccc(C)cc1CN1CCN(CC(=O)N(C)C2(C#N)CCCCC2)CC1. The van der Waals surface area contributed by atoms with Crippen molar-refractivity contribution in [2.45, 2.75) is 51.1 Å². The van der Waals surface area contributed by atoms with Crippen molar-refractivity contribution < 1.29 is 9.53 Å². The molecule has 0 aromatic heterocycles. The molecule has 6 heteroatoms. The Kier molecular flexibility index (Phi) is 7.15. The van der Waals surface area contributed by atoms with E-state index in [2.05, 4.69) is 34.9 Å². The van der Waals surface area contributed by atoms with Gasteiger partial charge in [0.1, 0.15) is 11.3 Å². The van der Waals surface area contributed by atoms with Crippen molar-refractivity contribution in [2.75, 3.05) is 46.9 Å². The Hall–Kier alpha value is -2.10. The number of nitriles is 1. The van der Waals surface area contributed by atoms with E-state index in [9.17, 15) is 10.1 Å². The lowest BCUT2D eigenvalue weighted by molar-refractivity contribution is -0.136. The lowest BCUT2D eigenvalue weighted by Gasteiger charge is -2.41. The molecule has 0 spiro atoms. The third-order valence-corrected chi connectivity index (χ3v) is 6.56. The minimum atomic E-state index is -0.598. The molecule has 0 N–H and O–H groups in total. The van der Waals surface area contributed by atoms with Gasteiger partial charge in [-0.3, -0.25) is 14.6 Å². The van der Waals surface area contributed by atoms with Crippen molar-refractivity contribution in [1.82, 2.24) is 14.7 Å². The lowest BCUT2D eigenvalue weighted by atomic mass is 9.81. The van der Waals surface area contributed by atoms with Crippen LogP contribution in [0.1, 0.15) is 43.2 Å². The number of hydrogen-bond donors (Lipinski definition) is 0. The first kappa shape index (κ1) is 21.6. The molecule has 1 aromatic carbocycles. The predicted octanol–water partition coefficient (Wildman–Crippen LogP) is 2.81. The monoisotopic (exact) mass is 398 g/mol. The van der Waals surface area contributed by atoms with Gasteiger partial charge in [-0.1, -0.05) is 37.0 Å². The number of piperazine rings is 1. The van der Waals surface area contributed by atoms with E-state index in [4.69, 9.17) is 4.74 Å². The number of ether oxygens (including phenoxy) is 1. The quantitative estimate of drug-likeness (QED) is 0.737. The molecule has 2 fully saturated rings. The molecule has 1 aromatic rings. The summed E-state index contributed by atoms with van der Waals surface area (Å²) in [5, 5.41) is 9.73. The van der Waals surface area contributed by atoms with Gasteiger partial charge < -0.3 is 9.64 Å². The largest absolute Gasteiger partial charge is 0.496 e. The van der Waals surface area contributed by atoms with Crippen molar-refractivity contribution in [3.8, 4) is 11.8 Å². The standard InChI is InChI=1S/C23H34N4O2/c1-19-7-8-21(29-3)20(15-19)16-26-11-13-27(14-12-26)17-22(28)25(2)23(18-24)9-5-4-6-10-23/h7-8,15H,4-6,9-14,16-17H2,1-3H3. The zero-order valence-electron chi connectivity index (χ0n) is 18.1. The molecule has 2 aliphatic rings. The predicted molar refractivity (Wildman–Crippen MR) is 114 cm³/mol. The van der Waals surface area contributed by atoms with E-state index in [0.717, 1.165) is 64.2 Å². The summed E-state index contributed by atoms with van der Waals surface area (Å²) in [6.45, 7) is 6.96. The van der Waals surface area contributed by atoms with E-state index in [1.807, 2.05) is 13.1 Å². The fraction of sp³-hybridized carbons (Fsp3) is 0.652. The fourth-order valence-electron chi connectivity index (χ4n) is 4.57. The molecule has 0 unspecified atom stereocenters. The molecule has 3 rings (SSSR count). The van der Waals surface area contributed by atoms with Gasteiger partial charge in [0.25, 0.3) is 0 Å². The molecule has 158 valence electrons. The van der Waals surface area contributed by atoms with E-state index >= 15 is 0 Å². The van der Waals surface area contributed by atoms with Crippen LogP contribution in [-0.4, -0.2) is 73.0 Å². The van der Waals surface area contributed by atoms with Crippen LogP contribution in [0.5, 0.6) is 5.75 Å². The van der Waals surface area contributed by atoms with Gasteiger partial charge in [-0.05, 0) is 25.8 Å². The molecule has 1 amide bonds. The van der Waals surface area contributed by atoms with Crippen LogP contribution < -0.4 is 4.74 Å². The molecule has 0 radical (unpaired) electrons. The molecule has 6 nitrogen and oxygen atoms in total. The first-order chi connectivity index (χ1) is 14.0. The second-order valence-corrected chi connectivity index (χ2v) is 8.52. The number of benzene rings is 1. The molecule has 1 saturated heterocycles. The minimum absolute atomic E-state index is 0.0715. The third kappa shape index (κ3) is 5.09. The van der Waals surface area contributed by atoms with Crippen LogP contribution in [0, 0.1) is 18.3 Å². The maximum atomic E-state index is 12.9. The van der Waals surface area contributed by atoms with E-state index in [1.165, 1.54) is 17.5 Å². The summed E-state index contributed by atoms with van der Waals surface area (Å²) in [5.74, 6) is 1.01. The number of hydrogen-bond acceptors (Lipinski definition) is 5. The molecule has 1 saturated carbocycles. The molecule has 29 heavy (non-hydrogen) atoms. The van der Waals surface area contributed by atoms with Gasteiger partial charge in [-0.15, -0.1) is 0 Å². The van der Waals surface area contributed by atoms with Gasteiger partial charge in [-0.25, -0.2) is 0 Å². The van der Waals surface area contributed by atoms with Crippen molar-refractivity contribution in [3.05, 3.63) is 29.3 Å². The van der Waals surface area contributed by atoms with Crippen LogP contribution in [0.15, 0.2) is 18.2 Å². The minimum Gasteiger partial charge on any atom is -0.496 e. The second-order valence-electron chi connectivity index (χ2n) is 8.52. The van der Waals surface area contributed by atoms with Crippen molar-refractivity contribution in [2.24, 2.45) is 0 Å². The Morgan fingerprint density at radius 1 is 1.17 bits per heavy atom. The van der Waals surface area contributed by atoms with Crippen molar-refractivity contribution in [3.63, 3.8) is 0 Å². The van der Waals surface area contributed by atoms with Crippen LogP contribution in [0.4, 0.5) is 0 Å². The molecule has 1 aliphatic heterocycles. The van der Waals surface area contributed by atoms with E-state index in [1.54, 1.807) is 12.0 Å². The van der Waals surface area contributed by atoms with Crippen LogP contribution in [0.2, 0.25) is 0 Å². The Morgan fingerprint density at radius 3 is 2.45 bits per heavy atom. The number of rotatable bonds is 6. The van der Waals surface area contributed by atoms with Crippen LogP contribution in [-0.2, 0) is 11.3 Å². The molecule has 1 aliphatic carbocycles. The van der Waals surface area contributed by atoms with Gasteiger partial charge in [0.15, 0.2) is 0 Å². The molecule has 1 heterocycles. The van der Waals surface area contributed by atoms with E-state index < -0.39 is 5.54 Å². The zero-order valence-corrected chi connectivity index (χ0v) is 18.1. The number of carbonyl (C=O) groups excluding carboxylic acids is 1. The van der Waals surface area contributed by atoms with Crippen molar-refractivity contribution >= 4 is 5.91 Å². The van der Waals surface area contributed by atoms with Gasteiger partial charge in [-0.2, -0.15) is 5.26 Å². The number of likely N-dealkylation sites (N-methyl/N-ethyl adjacent to an activating group) is 1. The molecule has 0 atom stereocenters. The average molecular weight is 399 g/mol. The lowest BCUT2D eigenvalue weighted by Crippen LogP contribution is -2.54. The number of aryl methyl sites for hydroxylation is 1. The second kappa shape index (κ2) is 9.60. The fourth-order valence-corrected chi connectivity index (χ4v) is 4.57. The van der Waals surface area contributed by atoms with Crippen LogP contribution in [0.3, 0.4) is 0 Å². The molecular formula is C23H34N4O2. The van der Waals surface area contributed by atoms with Gasteiger partial charge in [0, 0.05) is 45.3 Å². The highest BCUT2D eigenvalue weighted by Crippen LogP contribution is 2.32. The zero-order chi connectivity index (χ0) is 20.9. The Bertz CT molecular complexity index is 744. The van der Waals surface area contributed by atoms with Gasteiger partial charge in [0.05, 0.1) is 19.7 Å². The number of methoxy groups -OCH3 is 1. The summed E-state index contributed by atoms with van der Waals surface area (Å²) in [4.78, 5) is 19.2. The molecular weight excluding hydrogens is 364 g/mol. The normalized spacial score (nSPS) is 20.1. The van der Waals surface area contributed by atoms with Crippen LogP contribution >= 0.6 is 0 Å². The average Bonchev–Trinajstić information content (AvgIpc) is 2.75. The summed E-state index contributed by atoms with van der Waals surface area (Å²) in [5.41, 5.74) is 1.85. The van der Waals surface area contributed by atoms with Crippen LogP contribution in [0.25, 0.3) is 0 Å². The highest BCUT2D eigenvalue weighted by molar-refractivity contribution is 5.79. The van der Waals surface area contributed by atoms with E-state index in [-0.39, 0.29) is 5.91 Å². The summed E-state index contributed by atoms with van der Waals surface area (Å²) < 4.78 is 5.51. The third-order valence-electron chi connectivity index (χ3n) is 6.56. The van der Waals surface area contributed by atoms with Crippen molar-refractivity contribution in [1.29, 1.82) is 5.26 Å². The summed E-state index contributed by atoms with van der Waals surface area (Å²) >= 11 is 0. The van der Waals surface area contributed by atoms with Gasteiger partial charge >= 0.3 is 0 Å². The smallest absolute Gasteiger partial charge is 0.237 e. The summed E-state index contributed by atoms with van der Waals surface area (Å²) in [6.07, 6.45) is 4.84. The number of carbonyl (C=O) groups is 1. The Morgan fingerprint density at radius 2 is 1.83 bits per heavy atom. The summed E-state index contributed by atoms with van der Waals surface area (Å²) in [7, 11) is 3.53. The van der Waals surface area contributed by atoms with E-state index in [0.29, 0.717) is 6.54 Å². The first-order valence-corrected chi connectivity index (χ1v) is 10.7. The topological polar surface area (TPSA) is 59.8 Å². The Balaban J connectivity index is 1.51. The van der Waals surface area contributed by atoms with Gasteiger partial charge in [0.2, 0.25) is 5.91 Å². The first-order valence-electron chi connectivity index (χ1n) is 10.7. The Labute approximate surface area is 175 Å². The number of amides is 1. The maximum Gasteiger partial charge on any atom is 0.237 e. The maximum absolute atomic E-state index is 12.9. The summed E-state index contributed by atoms with van der Waals surface area (Å²) in [6, 6.07) is 8.75. The number of nitrogens with zero attached hydrogens (tertiary/aromatic N) is 4. The highest BCUT2D eigenvalue weighted by Gasteiger charge is 2.39. The highest BCUT2D eigenvalue weighted by atomic mass is 16.5.